The molecule has 0 bridgehead atoms. The molecule has 23 heavy (non-hydrogen) atoms. The first-order chi connectivity index (χ1) is 11.1. The van der Waals surface area contributed by atoms with Crippen LogP contribution in [0.25, 0.3) is 0 Å². The quantitative estimate of drug-likeness (QED) is 0.721. The highest BCUT2D eigenvalue weighted by Gasteiger charge is 2.32. The lowest BCUT2D eigenvalue weighted by Crippen LogP contribution is -2.51. The van der Waals surface area contributed by atoms with Crippen molar-refractivity contribution in [1.82, 2.24) is 10.2 Å². The fourth-order valence-electron chi connectivity index (χ4n) is 3.02. The minimum absolute atomic E-state index is 0.0774. The van der Waals surface area contributed by atoms with Crippen LogP contribution >= 0.6 is 0 Å². The van der Waals surface area contributed by atoms with E-state index in [4.69, 9.17) is 4.74 Å². The van der Waals surface area contributed by atoms with Gasteiger partial charge in [-0.05, 0) is 83.6 Å². The van der Waals surface area contributed by atoms with Crippen molar-refractivity contribution < 1.29 is 14.2 Å². The Kier molecular flexibility index (Phi) is 7.27. The monoisotopic (exact) mass is 324 g/mol. The van der Waals surface area contributed by atoms with Crippen LogP contribution in [-0.4, -0.2) is 55.4 Å². The summed E-state index contributed by atoms with van der Waals surface area (Å²) in [5, 5.41) is 14.0. The second kappa shape index (κ2) is 9.21. The highest BCUT2D eigenvalue weighted by atomic mass is 19.1. The molecule has 2 rings (SSSR count). The number of rotatable bonds is 8. The van der Waals surface area contributed by atoms with Crippen molar-refractivity contribution in [3.05, 3.63) is 30.1 Å². The maximum atomic E-state index is 12.9. The second-order valence-corrected chi connectivity index (χ2v) is 6.60. The standard InChI is InChI=1S/C18H29FN2O2/c1-21(2)13-4-3-12-20-16-6-5-7-17(18(16)22)23-15-10-8-14(19)9-11-15/h8-11,16-18,20,22H,3-7,12-13H2,1-2H3/t16-,17+,18+/m0/s1. The maximum Gasteiger partial charge on any atom is 0.126 e. The molecule has 1 aromatic carbocycles. The Hall–Kier alpha value is -1.17. The molecular formula is C18H29FN2O2. The SMILES string of the molecule is CN(C)CCCCN[C@H]1CCC[C@@H](Oc2ccc(F)cc2)[C@@H]1O. The zero-order valence-corrected chi connectivity index (χ0v) is 14.2. The molecule has 3 atom stereocenters. The smallest absolute Gasteiger partial charge is 0.126 e. The molecule has 1 fully saturated rings. The third-order valence-electron chi connectivity index (χ3n) is 4.34. The summed E-state index contributed by atoms with van der Waals surface area (Å²) in [5.74, 6) is 0.334. The van der Waals surface area contributed by atoms with Gasteiger partial charge < -0.3 is 20.1 Å². The van der Waals surface area contributed by atoms with Gasteiger partial charge in [-0.15, -0.1) is 0 Å². The number of benzene rings is 1. The molecule has 0 heterocycles. The summed E-state index contributed by atoms with van der Waals surface area (Å²) in [4.78, 5) is 2.18. The summed E-state index contributed by atoms with van der Waals surface area (Å²) < 4.78 is 18.8. The van der Waals surface area contributed by atoms with E-state index in [1.165, 1.54) is 12.1 Å². The van der Waals surface area contributed by atoms with E-state index < -0.39 is 6.10 Å². The molecule has 1 aliphatic carbocycles. The third kappa shape index (κ3) is 6.09. The molecule has 4 nitrogen and oxygen atoms in total. The van der Waals surface area contributed by atoms with Gasteiger partial charge in [0.05, 0.1) is 0 Å². The van der Waals surface area contributed by atoms with E-state index in [0.29, 0.717) is 5.75 Å². The van der Waals surface area contributed by atoms with Crippen molar-refractivity contribution >= 4 is 0 Å². The number of aliphatic hydroxyl groups excluding tert-OH is 1. The Morgan fingerprint density at radius 1 is 1.22 bits per heavy atom. The number of aliphatic hydroxyl groups is 1. The van der Waals surface area contributed by atoms with Crippen LogP contribution in [0.4, 0.5) is 4.39 Å². The summed E-state index contributed by atoms with van der Waals surface area (Å²) in [7, 11) is 4.16. The van der Waals surface area contributed by atoms with Crippen molar-refractivity contribution in [3.8, 4) is 5.75 Å². The summed E-state index contributed by atoms with van der Waals surface area (Å²) in [6, 6.07) is 6.06. The Balaban J connectivity index is 1.76. The fraction of sp³-hybridized carbons (Fsp3) is 0.667. The van der Waals surface area contributed by atoms with Crippen LogP contribution in [-0.2, 0) is 0 Å². The van der Waals surface area contributed by atoms with Crippen molar-refractivity contribution in [2.75, 3.05) is 27.2 Å². The van der Waals surface area contributed by atoms with Crippen LogP contribution in [0.5, 0.6) is 5.75 Å². The van der Waals surface area contributed by atoms with E-state index in [0.717, 1.165) is 45.2 Å². The van der Waals surface area contributed by atoms with E-state index in [1.54, 1.807) is 12.1 Å². The van der Waals surface area contributed by atoms with Gasteiger partial charge in [-0.25, -0.2) is 4.39 Å². The summed E-state index contributed by atoms with van der Waals surface area (Å²) >= 11 is 0. The highest BCUT2D eigenvalue weighted by molar-refractivity contribution is 5.22. The zero-order valence-electron chi connectivity index (χ0n) is 14.2. The highest BCUT2D eigenvalue weighted by Crippen LogP contribution is 2.24. The lowest BCUT2D eigenvalue weighted by molar-refractivity contribution is -0.0153. The predicted molar refractivity (Wildman–Crippen MR) is 90.3 cm³/mol. The predicted octanol–water partition coefficient (Wildman–Crippen LogP) is 2.42. The molecule has 5 heteroatoms. The number of hydrogen-bond acceptors (Lipinski definition) is 4. The number of nitrogens with one attached hydrogen (secondary N) is 1. The van der Waals surface area contributed by atoms with Gasteiger partial charge in [0, 0.05) is 6.04 Å². The molecule has 0 saturated heterocycles. The van der Waals surface area contributed by atoms with Crippen LogP contribution in [0.2, 0.25) is 0 Å². The van der Waals surface area contributed by atoms with Crippen LogP contribution in [0.1, 0.15) is 32.1 Å². The molecule has 0 aliphatic heterocycles. The van der Waals surface area contributed by atoms with Crippen molar-refractivity contribution in [3.63, 3.8) is 0 Å². The summed E-state index contributed by atoms with van der Waals surface area (Å²) in [6.45, 7) is 2.00. The summed E-state index contributed by atoms with van der Waals surface area (Å²) in [5.41, 5.74) is 0. The number of hydrogen-bond donors (Lipinski definition) is 2. The Bertz CT molecular complexity index is 453. The second-order valence-electron chi connectivity index (χ2n) is 6.60. The van der Waals surface area contributed by atoms with Crippen molar-refractivity contribution in [2.24, 2.45) is 0 Å². The minimum atomic E-state index is -0.525. The Morgan fingerprint density at radius 3 is 2.65 bits per heavy atom. The fourth-order valence-corrected chi connectivity index (χ4v) is 3.02. The number of nitrogens with zero attached hydrogens (tertiary/aromatic N) is 1. The van der Waals surface area contributed by atoms with Gasteiger partial charge in [0.25, 0.3) is 0 Å². The molecule has 0 spiro atoms. The molecule has 0 amide bonds. The first-order valence-corrected chi connectivity index (χ1v) is 8.54. The van der Waals surface area contributed by atoms with Gasteiger partial charge in [-0.1, -0.05) is 0 Å². The average Bonchev–Trinajstić information content (AvgIpc) is 2.52. The average molecular weight is 324 g/mol. The molecule has 130 valence electrons. The van der Waals surface area contributed by atoms with E-state index in [2.05, 4.69) is 24.3 Å². The summed E-state index contributed by atoms with van der Waals surface area (Å²) in [6.07, 6.45) is 4.33. The van der Waals surface area contributed by atoms with Crippen LogP contribution in [0, 0.1) is 5.82 Å². The molecule has 1 aliphatic rings. The first-order valence-electron chi connectivity index (χ1n) is 8.54. The van der Waals surface area contributed by atoms with Gasteiger partial charge in [0.1, 0.15) is 23.8 Å². The van der Waals surface area contributed by atoms with Gasteiger partial charge in [-0.3, -0.25) is 0 Å². The van der Waals surface area contributed by atoms with Crippen LogP contribution < -0.4 is 10.1 Å². The Labute approximate surface area is 138 Å². The van der Waals surface area contributed by atoms with Crippen LogP contribution in [0.3, 0.4) is 0 Å². The molecule has 1 saturated carbocycles. The lowest BCUT2D eigenvalue weighted by atomic mass is 9.89. The molecule has 0 radical (unpaired) electrons. The normalized spacial score (nSPS) is 24.8. The largest absolute Gasteiger partial charge is 0.488 e. The van der Waals surface area contributed by atoms with Crippen molar-refractivity contribution in [1.29, 1.82) is 0 Å². The van der Waals surface area contributed by atoms with E-state index in [1.807, 2.05) is 0 Å². The van der Waals surface area contributed by atoms with Crippen LogP contribution in [0.15, 0.2) is 24.3 Å². The molecule has 0 aromatic heterocycles. The van der Waals surface area contributed by atoms with E-state index in [9.17, 15) is 9.50 Å². The van der Waals surface area contributed by atoms with Gasteiger partial charge in [-0.2, -0.15) is 0 Å². The Morgan fingerprint density at radius 2 is 1.96 bits per heavy atom. The van der Waals surface area contributed by atoms with Gasteiger partial charge in [0.15, 0.2) is 0 Å². The first kappa shape index (κ1) is 18.2. The van der Waals surface area contributed by atoms with E-state index >= 15 is 0 Å². The topological polar surface area (TPSA) is 44.7 Å². The van der Waals surface area contributed by atoms with E-state index in [-0.39, 0.29) is 18.0 Å². The van der Waals surface area contributed by atoms with Gasteiger partial charge >= 0.3 is 0 Å². The minimum Gasteiger partial charge on any atom is -0.488 e. The molecule has 0 unspecified atom stereocenters. The number of halogens is 1. The third-order valence-corrected chi connectivity index (χ3v) is 4.34. The molecule has 2 N–H and O–H groups in total. The number of ether oxygens (including phenoxy) is 1. The van der Waals surface area contributed by atoms with Crippen molar-refractivity contribution in [2.45, 2.75) is 50.4 Å². The zero-order chi connectivity index (χ0) is 16.7. The van der Waals surface area contributed by atoms with Gasteiger partial charge in [0.2, 0.25) is 0 Å². The number of unbranched alkanes of at least 4 members (excludes halogenated alkanes) is 1. The maximum absolute atomic E-state index is 12.9. The molecule has 1 aromatic rings. The molecular weight excluding hydrogens is 295 g/mol. The lowest BCUT2D eigenvalue weighted by Gasteiger charge is -2.35.